The van der Waals surface area contributed by atoms with Crippen LogP contribution in [0.25, 0.3) is 0 Å². The minimum absolute atomic E-state index is 0.304. The lowest BCUT2D eigenvalue weighted by atomic mass is 9.87. The third kappa shape index (κ3) is 2.25. The van der Waals surface area contributed by atoms with Gasteiger partial charge in [-0.15, -0.1) is 0 Å². The number of nitrogens with one attached hydrogen (secondary N) is 1. The normalized spacial score (nSPS) is 18.7. The van der Waals surface area contributed by atoms with Crippen LogP contribution in [0.15, 0.2) is 36.4 Å². The highest BCUT2D eigenvalue weighted by Gasteiger charge is 2.24. The quantitative estimate of drug-likeness (QED) is 0.942. The van der Waals surface area contributed by atoms with Crippen molar-refractivity contribution in [1.29, 1.82) is 0 Å². The molecule has 1 aliphatic heterocycles. The molecule has 2 aromatic carbocycles. The summed E-state index contributed by atoms with van der Waals surface area (Å²) in [4.78, 5) is 0. The van der Waals surface area contributed by atoms with Crippen molar-refractivity contribution in [3.8, 4) is 17.2 Å². The molecule has 4 rings (SSSR count). The lowest BCUT2D eigenvalue weighted by Gasteiger charge is -2.27. The molecule has 0 fully saturated rings. The van der Waals surface area contributed by atoms with Gasteiger partial charge in [-0.25, -0.2) is 0 Å². The summed E-state index contributed by atoms with van der Waals surface area (Å²) >= 11 is 0. The maximum atomic E-state index is 5.57. The summed E-state index contributed by atoms with van der Waals surface area (Å²) in [6.45, 7) is 0.304. The molecule has 0 amide bonds. The van der Waals surface area contributed by atoms with Crippen LogP contribution in [0.3, 0.4) is 0 Å². The van der Waals surface area contributed by atoms with E-state index >= 15 is 0 Å². The first-order valence-corrected chi connectivity index (χ1v) is 7.65. The van der Waals surface area contributed by atoms with Gasteiger partial charge in [-0.2, -0.15) is 0 Å². The molecule has 1 N–H and O–H groups in total. The second kappa shape index (κ2) is 5.44. The molecule has 2 aliphatic rings. The zero-order chi connectivity index (χ0) is 14.9. The molecular weight excluding hydrogens is 278 g/mol. The van der Waals surface area contributed by atoms with Crippen molar-refractivity contribution in [2.45, 2.75) is 25.3 Å². The maximum absolute atomic E-state index is 5.57. The van der Waals surface area contributed by atoms with E-state index in [9.17, 15) is 0 Å². The van der Waals surface area contributed by atoms with E-state index in [1.54, 1.807) is 7.11 Å². The van der Waals surface area contributed by atoms with Gasteiger partial charge in [-0.3, -0.25) is 0 Å². The SMILES string of the molecule is COc1cccc2c1CCC(Nc1cccc3c1OCO3)C2. The number of hydrogen-bond acceptors (Lipinski definition) is 4. The standard InChI is InChI=1S/C18H19NO3/c1-20-16-6-2-4-12-10-13(8-9-14(12)16)19-15-5-3-7-17-18(15)22-11-21-17/h2-7,13,19H,8-11H2,1H3. The van der Waals surface area contributed by atoms with Gasteiger partial charge in [0, 0.05) is 6.04 Å². The molecule has 4 nitrogen and oxygen atoms in total. The Morgan fingerprint density at radius 2 is 2.05 bits per heavy atom. The zero-order valence-corrected chi connectivity index (χ0v) is 12.6. The van der Waals surface area contributed by atoms with Crippen LogP contribution in [-0.2, 0) is 12.8 Å². The monoisotopic (exact) mass is 297 g/mol. The molecule has 1 unspecified atom stereocenters. The van der Waals surface area contributed by atoms with Crippen LogP contribution in [-0.4, -0.2) is 19.9 Å². The van der Waals surface area contributed by atoms with Crippen molar-refractivity contribution >= 4 is 5.69 Å². The topological polar surface area (TPSA) is 39.7 Å². The number of methoxy groups -OCH3 is 1. The molecule has 0 aromatic heterocycles. The molecule has 1 atom stereocenters. The summed E-state index contributed by atoms with van der Waals surface area (Å²) in [5, 5.41) is 3.61. The largest absolute Gasteiger partial charge is 0.496 e. The predicted octanol–water partition coefficient (Wildman–Crippen LogP) is 3.39. The van der Waals surface area contributed by atoms with Crippen LogP contribution in [0.5, 0.6) is 17.2 Å². The lowest BCUT2D eigenvalue weighted by molar-refractivity contribution is 0.174. The van der Waals surface area contributed by atoms with Gasteiger partial charge in [0.25, 0.3) is 0 Å². The van der Waals surface area contributed by atoms with Gasteiger partial charge in [-0.05, 0) is 48.6 Å². The van der Waals surface area contributed by atoms with Crippen LogP contribution in [0.2, 0.25) is 0 Å². The molecule has 1 heterocycles. The second-order valence-electron chi connectivity index (χ2n) is 5.72. The predicted molar refractivity (Wildman–Crippen MR) is 85.0 cm³/mol. The van der Waals surface area contributed by atoms with E-state index in [0.29, 0.717) is 12.8 Å². The van der Waals surface area contributed by atoms with E-state index < -0.39 is 0 Å². The highest BCUT2D eigenvalue weighted by molar-refractivity contribution is 5.64. The van der Waals surface area contributed by atoms with Gasteiger partial charge in [0.05, 0.1) is 12.8 Å². The molecule has 114 valence electrons. The maximum Gasteiger partial charge on any atom is 0.231 e. The van der Waals surface area contributed by atoms with Gasteiger partial charge in [0.2, 0.25) is 6.79 Å². The van der Waals surface area contributed by atoms with E-state index in [0.717, 1.165) is 42.2 Å². The fourth-order valence-corrected chi connectivity index (χ4v) is 3.35. The number of hydrogen-bond donors (Lipinski definition) is 1. The van der Waals surface area contributed by atoms with Gasteiger partial charge in [0.1, 0.15) is 5.75 Å². The first kappa shape index (κ1) is 13.3. The lowest BCUT2D eigenvalue weighted by Crippen LogP contribution is -2.27. The number of ether oxygens (including phenoxy) is 3. The van der Waals surface area contributed by atoms with Gasteiger partial charge in [-0.1, -0.05) is 18.2 Å². The fourth-order valence-electron chi connectivity index (χ4n) is 3.35. The van der Waals surface area contributed by atoms with Crippen LogP contribution in [0.4, 0.5) is 5.69 Å². The summed E-state index contributed by atoms with van der Waals surface area (Å²) < 4.78 is 16.5. The molecule has 0 saturated carbocycles. The average molecular weight is 297 g/mol. The Balaban J connectivity index is 1.55. The van der Waals surface area contributed by atoms with Crippen molar-refractivity contribution in [1.82, 2.24) is 0 Å². The molecule has 1 aliphatic carbocycles. The second-order valence-corrected chi connectivity index (χ2v) is 5.72. The molecule has 22 heavy (non-hydrogen) atoms. The molecule has 2 aromatic rings. The third-order valence-electron chi connectivity index (χ3n) is 4.42. The Bertz CT molecular complexity index is 699. The smallest absolute Gasteiger partial charge is 0.231 e. The fraction of sp³-hybridized carbons (Fsp3) is 0.333. The van der Waals surface area contributed by atoms with E-state index in [-0.39, 0.29) is 0 Å². The van der Waals surface area contributed by atoms with Crippen molar-refractivity contribution < 1.29 is 14.2 Å². The van der Waals surface area contributed by atoms with Crippen LogP contribution < -0.4 is 19.5 Å². The molecule has 0 saturated heterocycles. The van der Waals surface area contributed by atoms with Crippen molar-refractivity contribution in [3.63, 3.8) is 0 Å². The highest BCUT2D eigenvalue weighted by Crippen LogP contribution is 2.40. The van der Waals surface area contributed by atoms with Crippen LogP contribution in [0.1, 0.15) is 17.5 Å². The van der Waals surface area contributed by atoms with Crippen molar-refractivity contribution in [3.05, 3.63) is 47.5 Å². The molecule has 0 bridgehead atoms. The van der Waals surface area contributed by atoms with E-state index in [4.69, 9.17) is 14.2 Å². The Morgan fingerprint density at radius 3 is 2.95 bits per heavy atom. The molecule has 0 radical (unpaired) electrons. The van der Waals surface area contributed by atoms with E-state index in [1.165, 1.54) is 11.1 Å². The number of fused-ring (bicyclic) bond motifs is 2. The number of rotatable bonds is 3. The van der Waals surface area contributed by atoms with Crippen LogP contribution in [0, 0.1) is 0 Å². The minimum atomic E-state index is 0.304. The number of anilines is 1. The summed E-state index contributed by atoms with van der Waals surface area (Å²) in [5.41, 5.74) is 3.74. The van der Waals surface area contributed by atoms with Crippen LogP contribution >= 0.6 is 0 Å². The van der Waals surface area contributed by atoms with Gasteiger partial charge in [0.15, 0.2) is 11.5 Å². The molecule has 4 heteroatoms. The third-order valence-corrected chi connectivity index (χ3v) is 4.42. The van der Waals surface area contributed by atoms with Crippen molar-refractivity contribution in [2.24, 2.45) is 0 Å². The number of benzene rings is 2. The van der Waals surface area contributed by atoms with Crippen molar-refractivity contribution in [2.75, 3.05) is 19.2 Å². The Kier molecular flexibility index (Phi) is 3.29. The Hall–Kier alpha value is -2.36. The molecule has 0 spiro atoms. The Morgan fingerprint density at radius 1 is 1.14 bits per heavy atom. The number of para-hydroxylation sites is 1. The Labute approximate surface area is 130 Å². The average Bonchev–Trinajstić information content (AvgIpc) is 3.04. The van der Waals surface area contributed by atoms with E-state index in [2.05, 4.69) is 23.5 Å². The van der Waals surface area contributed by atoms with Gasteiger partial charge < -0.3 is 19.5 Å². The first-order valence-electron chi connectivity index (χ1n) is 7.65. The first-order chi connectivity index (χ1) is 10.8. The minimum Gasteiger partial charge on any atom is -0.496 e. The highest BCUT2D eigenvalue weighted by atomic mass is 16.7. The summed E-state index contributed by atoms with van der Waals surface area (Å²) in [7, 11) is 1.74. The van der Waals surface area contributed by atoms with E-state index in [1.807, 2.05) is 18.2 Å². The van der Waals surface area contributed by atoms with Gasteiger partial charge >= 0.3 is 0 Å². The summed E-state index contributed by atoms with van der Waals surface area (Å²) in [6.07, 6.45) is 3.11. The summed E-state index contributed by atoms with van der Waals surface area (Å²) in [6, 6.07) is 12.7. The summed E-state index contributed by atoms with van der Waals surface area (Å²) in [5.74, 6) is 2.66. The zero-order valence-electron chi connectivity index (χ0n) is 12.6. The molecular formula is C18H19NO3.